The Morgan fingerprint density at radius 2 is 2.00 bits per heavy atom. The van der Waals surface area contributed by atoms with Gasteiger partial charge in [-0.25, -0.2) is 9.97 Å². The molecular formula is C16H18ClN3. The molecule has 0 radical (unpaired) electrons. The summed E-state index contributed by atoms with van der Waals surface area (Å²) in [6.45, 7) is 4.01. The predicted octanol–water partition coefficient (Wildman–Crippen LogP) is 3.65. The first-order valence-electron chi connectivity index (χ1n) is 7.11. The summed E-state index contributed by atoms with van der Waals surface area (Å²) >= 11 is 6.13. The molecule has 104 valence electrons. The molecule has 0 aliphatic carbocycles. The summed E-state index contributed by atoms with van der Waals surface area (Å²) < 4.78 is 0. The van der Waals surface area contributed by atoms with E-state index in [1.807, 2.05) is 6.07 Å². The lowest BCUT2D eigenvalue weighted by molar-refractivity contribution is 0.711. The van der Waals surface area contributed by atoms with E-state index in [9.17, 15) is 0 Å². The Morgan fingerprint density at radius 3 is 2.80 bits per heavy atom. The van der Waals surface area contributed by atoms with Crippen molar-refractivity contribution in [3.63, 3.8) is 0 Å². The summed E-state index contributed by atoms with van der Waals surface area (Å²) in [7, 11) is 0. The molecule has 2 heterocycles. The largest absolute Gasteiger partial charge is 0.352 e. The molecule has 0 spiro atoms. The van der Waals surface area contributed by atoms with Crippen LogP contribution >= 0.6 is 11.6 Å². The third-order valence-corrected chi connectivity index (χ3v) is 3.85. The number of aryl methyl sites for hydroxylation is 1. The summed E-state index contributed by atoms with van der Waals surface area (Å²) in [6, 6.07) is 10.5. The van der Waals surface area contributed by atoms with E-state index >= 15 is 0 Å². The minimum atomic E-state index is 0.539. The molecule has 0 fully saturated rings. The average molecular weight is 288 g/mol. The van der Waals surface area contributed by atoms with Crippen molar-refractivity contribution in [1.82, 2.24) is 9.97 Å². The second kappa shape index (κ2) is 5.80. The highest BCUT2D eigenvalue weighted by Crippen LogP contribution is 2.24. The molecule has 1 aliphatic heterocycles. The maximum absolute atomic E-state index is 6.13. The van der Waals surface area contributed by atoms with Crippen LogP contribution in [-0.4, -0.2) is 16.5 Å². The molecule has 1 aromatic heterocycles. The van der Waals surface area contributed by atoms with E-state index in [0.29, 0.717) is 5.15 Å². The first kappa shape index (κ1) is 13.4. The van der Waals surface area contributed by atoms with Crippen LogP contribution in [0.3, 0.4) is 0 Å². The van der Waals surface area contributed by atoms with Gasteiger partial charge in [0.15, 0.2) is 0 Å². The molecule has 3 rings (SSSR count). The van der Waals surface area contributed by atoms with Gasteiger partial charge in [-0.15, -0.1) is 0 Å². The number of nitrogens with zero attached hydrogens (tertiary/aromatic N) is 3. The summed E-state index contributed by atoms with van der Waals surface area (Å²) in [5.41, 5.74) is 2.82. The Labute approximate surface area is 124 Å². The number of hydrogen-bond donors (Lipinski definition) is 0. The number of rotatable bonds is 3. The SMILES string of the molecule is CCCc1nc(Cl)cc(N2CCc3ccccc3C2)n1. The fourth-order valence-electron chi connectivity index (χ4n) is 2.64. The number of anilines is 1. The first-order valence-corrected chi connectivity index (χ1v) is 7.49. The Bertz CT molecular complexity index is 612. The summed E-state index contributed by atoms with van der Waals surface area (Å²) in [5.74, 6) is 1.79. The van der Waals surface area contributed by atoms with Crippen molar-refractivity contribution in [2.75, 3.05) is 11.4 Å². The van der Waals surface area contributed by atoms with Crippen LogP contribution < -0.4 is 4.90 Å². The highest BCUT2D eigenvalue weighted by molar-refractivity contribution is 6.29. The number of halogens is 1. The van der Waals surface area contributed by atoms with Gasteiger partial charge in [0.2, 0.25) is 0 Å². The molecule has 3 nitrogen and oxygen atoms in total. The first-order chi connectivity index (χ1) is 9.76. The number of benzene rings is 1. The van der Waals surface area contributed by atoms with Gasteiger partial charge in [-0.1, -0.05) is 42.8 Å². The van der Waals surface area contributed by atoms with Gasteiger partial charge in [0.25, 0.3) is 0 Å². The van der Waals surface area contributed by atoms with E-state index < -0.39 is 0 Å². The van der Waals surface area contributed by atoms with Crippen molar-refractivity contribution in [3.8, 4) is 0 Å². The molecule has 1 aliphatic rings. The van der Waals surface area contributed by atoms with Crippen LogP contribution in [0.1, 0.15) is 30.3 Å². The maximum Gasteiger partial charge on any atom is 0.134 e. The van der Waals surface area contributed by atoms with E-state index in [-0.39, 0.29) is 0 Å². The van der Waals surface area contributed by atoms with Crippen molar-refractivity contribution >= 4 is 17.4 Å². The van der Waals surface area contributed by atoms with Crippen LogP contribution in [0.25, 0.3) is 0 Å². The zero-order valence-electron chi connectivity index (χ0n) is 11.6. The Hall–Kier alpha value is -1.61. The minimum Gasteiger partial charge on any atom is -0.352 e. The molecule has 20 heavy (non-hydrogen) atoms. The van der Waals surface area contributed by atoms with Crippen molar-refractivity contribution < 1.29 is 0 Å². The van der Waals surface area contributed by atoms with Gasteiger partial charge >= 0.3 is 0 Å². The van der Waals surface area contributed by atoms with Gasteiger partial charge in [-0.05, 0) is 24.0 Å². The molecule has 4 heteroatoms. The zero-order valence-corrected chi connectivity index (χ0v) is 12.4. The smallest absolute Gasteiger partial charge is 0.134 e. The molecule has 0 amide bonds. The van der Waals surface area contributed by atoms with Crippen LogP contribution in [0.2, 0.25) is 5.15 Å². The average Bonchev–Trinajstić information content (AvgIpc) is 2.46. The molecule has 0 N–H and O–H groups in total. The molecule has 0 atom stereocenters. The lowest BCUT2D eigenvalue weighted by Gasteiger charge is -2.30. The molecular weight excluding hydrogens is 270 g/mol. The zero-order chi connectivity index (χ0) is 13.9. The normalized spacial score (nSPS) is 14.2. The lowest BCUT2D eigenvalue weighted by Crippen LogP contribution is -2.31. The minimum absolute atomic E-state index is 0.539. The van der Waals surface area contributed by atoms with E-state index in [1.54, 1.807) is 0 Å². The Morgan fingerprint density at radius 1 is 1.20 bits per heavy atom. The van der Waals surface area contributed by atoms with Crippen LogP contribution in [0.5, 0.6) is 0 Å². The van der Waals surface area contributed by atoms with Gasteiger partial charge in [0.1, 0.15) is 16.8 Å². The number of fused-ring (bicyclic) bond motifs is 1. The molecule has 0 bridgehead atoms. The van der Waals surface area contributed by atoms with Gasteiger partial charge in [-0.3, -0.25) is 0 Å². The van der Waals surface area contributed by atoms with Crippen LogP contribution in [-0.2, 0) is 19.4 Å². The van der Waals surface area contributed by atoms with Gasteiger partial charge in [-0.2, -0.15) is 0 Å². The predicted molar refractivity (Wildman–Crippen MR) is 82.2 cm³/mol. The Kier molecular flexibility index (Phi) is 3.88. The Balaban J connectivity index is 1.87. The highest BCUT2D eigenvalue weighted by Gasteiger charge is 2.18. The van der Waals surface area contributed by atoms with E-state index in [2.05, 4.69) is 46.1 Å². The van der Waals surface area contributed by atoms with Crippen molar-refractivity contribution in [2.24, 2.45) is 0 Å². The monoisotopic (exact) mass is 287 g/mol. The molecule has 0 saturated carbocycles. The standard InChI is InChI=1S/C16H18ClN3/c1-2-5-15-18-14(17)10-16(19-15)20-9-8-12-6-3-4-7-13(12)11-20/h3-4,6-7,10H,2,5,8-9,11H2,1H3. The van der Waals surface area contributed by atoms with Gasteiger partial charge < -0.3 is 4.90 Å². The van der Waals surface area contributed by atoms with Crippen molar-refractivity contribution in [1.29, 1.82) is 0 Å². The van der Waals surface area contributed by atoms with E-state index in [1.165, 1.54) is 11.1 Å². The third kappa shape index (κ3) is 2.78. The van der Waals surface area contributed by atoms with E-state index in [4.69, 9.17) is 11.6 Å². The molecule has 0 saturated heterocycles. The quantitative estimate of drug-likeness (QED) is 0.807. The fourth-order valence-corrected chi connectivity index (χ4v) is 2.84. The maximum atomic E-state index is 6.13. The number of hydrogen-bond acceptors (Lipinski definition) is 3. The van der Waals surface area contributed by atoms with Gasteiger partial charge in [0, 0.05) is 25.6 Å². The second-order valence-electron chi connectivity index (χ2n) is 5.16. The topological polar surface area (TPSA) is 29.0 Å². The van der Waals surface area contributed by atoms with Crippen molar-refractivity contribution in [2.45, 2.75) is 32.7 Å². The van der Waals surface area contributed by atoms with Crippen LogP contribution in [0, 0.1) is 0 Å². The van der Waals surface area contributed by atoms with Crippen LogP contribution in [0.4, 0.5) is 5.82 Å². The fraction of sp³-hybridized carbons (Fsp3) is 0.375. The highest BCUT2D eigenvalue weighted by atomic mass is 35.5. The molecule has 2 aromatic rings. The molecule has 0 unspecified atom stereocenters. The van der Waals surface area contributed by atoms with Crippen molar-refractivity contribution in [3.05, 3.63) is 52.4 Å². The molecule has 1 aromatic carbocycles. The lowest BCUT2D eigenvalue weighted by atomic mass is 10.00. The third-order valence-electron chi connectivity index (χ3n) is 3.66. The summed E-state index contributed by atoms with van der Waals surface area (Å²) in [6.07, 6.45) is 2.96. The summed E-state index contributed by atoms with van der Waals surface area (Å²) in [4.78, 5) is 11.2. The van der Waals surface area contributed by atoms with Crippen LogP contribution in [0.15, 0.2) is 30.3 Å². The van der Waals surface area contributed by atoms with E-state index in [0.717, 1.165) is 44.0 Å². The van der Waals surface area contributed by atoms with Gasteiger partial charge in [0.05, 0.1) is 0 Å². The second-order valence-corrected chi connectivity index (χ2v) is 5.54. The summed E-state index contributed by atoms with van der Waals surface area (Å²) in [5, 5.41) is 0.539. The number of aromatic nitrogens is 2.